The number of nitrogens with one attached hydrogen (secondary N) is 2. The van der Waals surface area contributed by atoms with Crippen molar-refractivity contribution in [3.63, 3.8) is 0 Å². The van der Waals surface area contributed by atoms with Crippen molar-refractivity contribution in [2.75, 3.05) is 41.8 Å². The van der Waals surface area contributed by atoms with Crippen molar-refractivity contribution < 1.29 is 18.3 Å². The molecular weight excluding hydrogens is 420 g/mol. The molecule has 2 aromatic heterocycles. The predicted molar refractivity (Wildman–Crippen MR) is 117 cm³/mol. The van der Waals surface area contributed by atoms with Crippen LogP contribution in [-0.4, -0.2) is 54.3 Å². The Bertz CT molecular complexity index is 985. The Morgan fingerprint density at radius 1 is 1.12 bits per heavy atom. The van der Waals surface area contributed by atoms with Gasteiger partial charge >= 0.3 is 0 Å². The van der Waals surface area contributed by atoms with E-state index in [4.69, 9.17) is 16.2 Å². The highest BCUT2D eigenvalue weighted by Gasteiger charge is 2.25. The van der Waals surface area contributed by atoms with Crippen molar-refractivity contribution in [1.82, 2.24) is 9.97 Å². The molecule has 1 unspecified atom stereocenters. The molecule has 2 atom stereocenters. The van der Waals surface area contributed by atoms with E-state index in [0.29, 0.717) is 32.1 Å². The molecule has 1 aliphatic heterocycles. The lowest BCUT2D eigenvalue weighted by molar-refractivity contribution is 0.100. The van der Waals surface area contributed by atoms with Gasteiger partial charge in [0.25, 0.3) is 5.91 Å². The Morgan fingerprint density at radius 2 is 1.88 bits per heavy atom. The number of halogens is 2. The first-order valence-corrected chi connectivity index (χ1v) is 10.7. The van der Waals surface area contributed by atoms with Crippen LogP contribution in [0.5, 0.6) is 0 Å². The lowest BCUT2D eigenvalue weighted by Gasteiger charge is -2.30. The van der Waals surface area contributed by atoms with E-state index in [-0.39, 0.29) is 35.0 Å². The molecular formula is C21H27F2N7O2. The van der Waals surface area contributed by atoms with E-state index in [2.05, 4.69) is 20.6 Å². The largest absolute Gasteiger partial charge is 0.378 e. The van der Waals surface area contributed by atoms with Crippen LogP contribution in [0.25, 0.3) is 0 Å². The number of rotatable bonds is 6. The van der Waals surface area contributed by atoms with Crippen molar-refractivity contribution >= 4 is 29.0 Å². The van der Waals surface area contributed by atoms with Crippen molar-refractivity contribution in [2.24, 2.45) is 11.5 Å². The van der Waals surface area contributed by atoms with Gasteiger partial charge in [0.05, 0.1) is 30.7 Å². The number of nitrogens with zero attached hydrogens (tertiary/aromatic N) is 3. The van der Waals surface area contributed by atoms with E-state index in [1.165, 1.54) is 6.07 Å². The molecule has 2 aliphatic rings. The van der Waals surface area contributed by atoms with E-state index in [1.54, 1.807) is 0 Å². The smallest absolute Gasteiger partial charge is 0.252 e. The molecule has 3 heterocycles. The lowest BCUT2D eigenvalue weighted by Crippen LogP contribution is -2.43. The zero-order valence-electron chi connectivity index (χ0n) is 17.6. The molecule has 11 heteroatoms. The molecule has 4 rings (SSSR count). The first-order valence-electron chi connectivity index (χ1n) is 10.7. The van der Waals surface area contributed by atoms with Gasteiger partial charge in [-0.2, -0.15) is 0 Å². The van der Waals surface area contributed by atoms with Crippen LogP contribution < -0.4 is 27.0 Å². The molecule has 2 fully saturated rings. The van der Waals surface area contributed by atoms with Crippen LogP contribution in [0.2, 0.25) is 0 Å². The summed E-state index contributed by atoms with van der Waals surface area (Å²) in [5.74, 6) is -1.83. The SMILES string of the molecule is NC(=O)c1cc(F)c(NC2CCCC[C@@H]2N)nc1Nc1cc(N2CCOCC2)ncc1F. The number of pyridine rings is 2. The summed E-state index contributed by atoms with van der Waals surface area (Å²) in [4.78, 5) is 22.2. The summed E-state index contributed by atoms with van der Waals surface area (Å²) >= 11 is 0. The Morgan fingerprint density at radius 3 is 2.59 bits per heavy atom. The van der Waals surface area contributed by atoms with Gasteiger partial charge in [-0.1, -0.05) is 12.8 Å². The number of ether oxygens (including phenoxy) is 1. The molecule has 1 amide bonds. The molecule has 0 spiro atoms. The molecule has 1 saturated carbocycles. The van der Waals surface area contributed by atoms with Gasteiger partial charge in [-0.15, -0.1) is 0 Å². The Labute approximate surface area is 184 Å². The number of morpholine rings is 1. The molecule has 2 aromatic rings. The molecule has 0 aromatic carbocycles. The van der Waals surface area contributed by atoms with Gasteiger partial charge in [0.2, 0.25) is 0 Å². The van der Waals surface area contributed by atoms with E-state index >= 15 is 0 Å². The second-order valence-corrected chi connectivity index (χ2v) is 8.03. The average molecular weight is 447 g/mol. The minimum absolute atomic E-state index is 0.0448. The maximum absolute atomic E-state index is 14.7. The lowest BCUT2D eigenvalue weighted by atomic mass is 9.91. The van der Waals surface area contributed by atoms with Crippen LogP contribution >= 0.6 is 0 Å². The number of nitrogens with two attached hydrogens (primary N) is 2. The van der Waals surface area contributed by atoms with Crippen molar-refractivity contribution in [3.05, 3.63) is 35.5 Å². The molecule has 172 valence electrons. The molecule has 1 saturated heterocycles. The van der Waals surface area contributed by atoms with Gasteiger partial charge < -0.3 is 31.7 Å². The van der Waals surface area contributed by atoms with Crippen LogP contribution in [0.1, 0.15) is 36.0 Å². The molecule has 0 radical (unpaired) electrons. The summed E-state index contributed by atoms with van der Waals surface area (Å²) in [6, 6.07) is 2.23. The first-order chi connectivity index (χ1) is 15.4. The topological polar surface area (TPSA) is 131 Å². The molecule has 9 nitrogen and oxygen atoms in total. The molecule has 6 N–H and O–H groups in total. The monoisotopic (exact) mass is 447 g/mol. The fourth-order valence-electron chi connectivity index (χ4n) is 4.00. The summed E-state index contributed by atoms with van der Waals surface area (Å²) in [6.45, 7) is 2.33. The molecule has 32 heavy (non-hydrogen) atoms. The van der Waals surface area contributed by atoms with Crippen LogP contribution in [0.15, 0.2) is 18.3 Å². The summed E-state index contributed by atoms with van der Waals surface area (Å²) in [5.41, 5.74) is 11.4. The zero-order chi connectivity index (χ0) is 22.7. The number of carbonyl (C=O) groups is 1. The summed E-state index contributed by atoms with van der Waals surface area (Å²) < 4.78 is 34.6. The maximum Gasteiger partial charge on any atom is 0.252 e. The van der Waals surface area contributed by atoms with Gasteiger partial charge in [0.1, 0.15) is 11.6 Å². The van der Waals surface area contributed by atoms with Crippen LogP contribution in [0.4, 0.5) is 31.9 Å². The number of anilines is 4. The van der Waals surface area contributed by atoms with Gasteiger partial charge in [-0.05, 0) is 18.9 Å². The maximum atomic E-state index is 14.7. The zero-order valence-corrected chi connectivity index (χ0v) is 17.6. The second-order valence-electron chi connectivity index (χ2n) is 8.03. The Kier molecular flexibility index (Phi) is 6.66. The first kappa shape index (κ1) is 22.2. The van der Waals surface area contributed by atoms with Crippen molar-refractivity contribution in [2.45, 2.75) is 37.8 Å². The highest BCUT2D eigenvalue weighted by Crippen LogP contribution is 2.29. The van der Waals surface area contributed by atoms with Crippen LogP contribution in [-0.2, 0) is 4.74 Å². The summed E-state index contributed by atoms with van der Waals surface area (Å²) in [5, 5.41) is 5.83. The Balaban J connectivity index is 1.64. The molecule has 0 bridgehead atoms. The van der Waals surface area contributed by atoms with E-state index in [1.807, 2.05) is 4.90 Å². The summed E-state index contributed by atoms with van der Waals surface area (Å²) in [7, 11) is 0. The number of hydrogen-bond donors (Lipinski definition) is 4. The van der Waals surface area contributed by atoms with Crippen LogP contribution in [0, 0.1) is 11.6 Å². The number of carbonyl (C=O) groups excluding carboxylic acids is 1. The number of amides is 1. The van der Waals surface area contributed by atoms with Crippen LogP contribution in [0.3, 0.4) is 0 Å². The van der Waals surface area contributed by atoms with Crippen molar-refractivity contribution in [3.8, 4) is 0 Å². The number of aromatic nitrogens is 2. The predicted octanol–water partition coefficient (Wildman–Crippen LogP) is 2.12. The minimum atomic E-state index is -0.886. The molecule has 1 aliphatic carbocycles. The number of hydrogen-bond acceptors (Lipinski definition) is 8. The van der Waals surface area contributed by atoms with E-state index < -0.39 is 17.5 Å². The van der Waals surface area contributed by atoms with Crippen molar-refractivity contribution in [1.29, 1.82) is 0 Å². The van der Waals surface area contributed by atoms with E-state index in [9.17, 15) is 13.6 Å². The fourth-order valence-corrected chi connectivity index (χ4v) is 4.00. The van der Waals surface area contributed by atoms with Gasteiger partial charge in [-0.3, -0.25) is 4.79 Å². The minimum Gasteiger partial charge on any atom is -0.378 e. The van der Waals surface area contributed by atoms with Gasteiger partial charge in [-0.25, -0.2) is 18.7 Å². The van der Waals surface area contributed by atoms with Gasteiger partial charge in [0, 0.05) is 31.2 Å². The summed E-state index contributed by atoms with van der Waals surface area (Å²) in [6.07, 6.45) is 4.70. The van der Waals surface area contributed by atoms with Gasteiger partial charge in [0.15, 0.2) is 17.5 Å². The average Bonchev–Trinajstić information content (AvgIpc) is 2.79. The Hall–Kier alpha value is -3.05. The second kappa shape index (κ2) is 9.61. The fraction of sp³-hybridized carbons (Fsp3) is 0.476. The third-order valence-corrected chi connectivity index (χ3v) is 5.81. The number of primary amides is 1. The quantitative estimate of drug-likeness (QED) is 0.530. The third kappa shape index (κ3) is 4.89. The van der Waals surface area contributed by atoms with E-state index in [0.717, 1.165) is 37.9 Å². The highest BCUT2D eigenvalue weighted by molar-refractivity contribution is 5.98. The third-order valence-electron chi connectivity index (χ3n) is 5.81. The highest BCUT2D eigenvalue weighted by atomic mass is 19.1. The normalized spacial score (nSPS) is 21.3. The standard InChI is InChI=1S/C21H27F2N7O2/c22-13-9-12(19(25)31)20(29-21(13)27-16-4-2-1-3-15(16)24)28-17-10-18(26-11-14(17)23)30-5-7-32-8-6-30/h9-11,15-16H,1-8,24H2,(H2,25,31)(H2,26,27,28,29)/t15-,16?/m0/s1.